The minimum atomic E-state index is -0.0422. The zero-order valence-corrected chi connectivity index (χ0v) is 26.2. The SMILES string of the molecule is CN1C(=CC=C2CCCC(C=CC3N(C)c4ccccc4C3(C)C)=C2C2=CC=CCC2=S)C(C)(C)c2ccccc21. The largest absolute Gasteiger partial charge is 0.367 e. The van der Waals surface area contributed by atoms with Crippen LogP contribution in [0, 0.1) is 0 Å². The van der Waals surface area contributed by atoms with Gasteiger partial charge < -0.3 is 9.80 Å². The molecule has 0 spiro atoms. The van der Waals surface area contributed by atoms with E-state index in [0.717, 1.165) is 30.5 Å². The Morgan fingerprint density at radius 2 is 1.59 bits per heavy atom. The van der Waals surface area contributed by atoms with Crippen molar-refractivity contribution >= 4 is 28.5 Å². The fourth-order valence-corrected chi connectivity index (χ4v) is 7.81. The van der Waals surface area contributed by atoms with Gasteiger partial charge in [0.15, 0.2) is 0 Å². The molecule has 3 heteroatoms. The van der Waals surface area contributed by atoms with Crippen molar-refractivity contribution in [3.63, 3.8) is 0 Å². The highest BCUT2D eigenvalue weighted by molar-refractivity contribution is 7.80. The standard InChI is InChI=1S/C38H42N2S/c1-37(2)29-17-8-10-19-31(29)39(5)34(37)24-22-26-14-13-15-27(36(26)28-16-7-12-21-33(28)41)23-25-35-38(3,4)30-18-9-11-20-32(30)40(35)6/h7-12,16-20,22-25,34H,13-15,21H2,1-6H3. The summed E-state index contributed by atoms with van der Waals surface area (Å²) in [5.74, 6) is 0. The second kappa shape index (κ2) is 10.4. The maximum absolute atomic E-state index is 5.96. The number of rotatable bonds is 4. The topological polar surface area (TPSA) is 6.48 Å². The predicted molar refractivity (Wildman–Crippen MR) is 180 cm³/mol. The smallest absolute Gasteiger partial charge is 0.0565 e. The first-order valence-corrected chi connectivity index (χ1v) is 15.4. The monoisotopic (exact) mass is 558 g/mol. The summed E-state index contributed by atoms with van der Waals surface area (Å²) in [5, 5.41) is 0. The van der Waals surface area contributed by atoms with Crippen LogP contribution in [0.25, 0.3) is 0 Å². The van der Waals surface area contributed by atoms with Gasteiger partial charge in [0.05, 0.1) is 6.04 Å². The number of hydrogen-bond acceptors (Lipinski definition) is 3. The summed E-state index contributed by atoms with van der Waals surface area (Å²) in [5.41, 5.74) is 12.2. The number of thiocarbonyl (C=S) groups is 1. The average Bonchev–Trinajstić information content (AvgIpc) is 3.28. The van der Waals surface area contributed by atoms with Gasteiger partial charge in [-0.1, -0.05) is 113 Å². The van der Waals surface area contributed by atoms with E-state index in [-0.39, 0.29) is 10.8 Å². The molecule has 2 nitrogen and oxygen atoms in total. The lowest BCUT2D eigenvalue weighted by molar-refractivity contribution is 0.487. The van der Waals surface area contributed by atoms with E-state index in [0.29, 0.717) is 6.04 Å². The van der Waals surface area contributed by atoms with E-state index in [9.17, 15) is 0 Å². The van der Waals surface area contributed by atoms with E-state index in [4.69, 9.17) is 12.2 Å². The van der Waals surface area contributed by atoms with Gasteiger partial charge >= 0.3 is 0 Å². The molecule has 0 fully saturated rings. The molecule has 6 rings (SSSR count). The Labute approximate surface area is 252 Å². The summed E-state index contributed by atoms with van der Waals surface area (Å²) < 4.78 is 0. The average molecular weight is 559 g/mol. The zero-order chi connectivity index (χ0) is 28.9. The van der Waals surface area contributed by atoms with Gasteiger partial charge in [0, 0.05) is 53.3 Å². The van der Waals surface area contributed by atoms with Crippen molar-refractivity contribution in [1.82, 2.24) is 0 Å². The van der Waals surface area contributed by atoms with E-state index in [1.165, 1.54) is 50.5 Å². The van der Waals surface area contributed by atoms with Crippen LogP contribution in [0.2, 0.25) is 0 Å². The molecule has 2 aliphatic heterocycles. The Kier molecular flexibility index (Phi) is 7.06. The molecule has 0 saturated heterocycles. The normalized spacial score (nSPS) is 25.0. The quantitative estimate of drug-likeness (QED) is 0.345. The minimum Gasteiger partial charge on any atom is -0.367 e. The molecule has 2 heterocycles. The molecule has 0 bridgehead atoms. The zero-order valence-electron chi connectivity index (χ0n) is 25.4. The first kappa shape index (κ1) is 27.7. The first-order valence-electron chi connectivity index (χ1n) is 15.0. The maximum atomic E-state index is 5.96. The van der Waals surface area contributed by atoms with Crippen LogP contribution in [0.1, 0.15) is 64.5 Å². The summed E-state index contributed by atoms with van der Waals surface area (Å²) in [6.07, 6.45) is 20.4. The van der Waals surface area contributed by atoms with Crippen LogP contribution in [0.5, 0.6) is 0 Å². The summed E-state index contributed by atoms with van der Waals surface area (Å²) in [6, 6.07) is 17.9. The van der Waals surface area contributed by atoms with Crippen LogP contribution in [0.15, 0.2) is 119 Å². The molecule has 1 atom stereocenters. The van der Waals surface area contributed by atoms with Crippen LogP contribution in [0.3, 0.4) is 0 Å². The number of benzene rings is 2. The highest BCUT2D eigenvalue weighted by atomic mass is 32.1. The number of likely N-dealkylation sites (N-methyl/N-ethyl adjacent to an activating group) is 2. The number of para-hydroxylation sites is 2. The molecule has 4 aliphatic rings. The lowest BCUT2D eigenvalue weighted by atomic mass is 9.78. The van der Waals surface area contributed by atoms with Crippen LogP contribution in [0.4, 0.5) is 11.4 Å². The second-order valence-electron chi connectivity index (χ2n) is 13.0. The molecule has 1 unspecified atom stereocenters. The van der Waals surface area contributed by atoms with Gasteiger partial charge in [-0.15, -0.1) is 0 Å². The third-order valence-corrected chi connectivity index (χ3v) is 10.2. The molecule has 0 aromatic heterocycles. The van der Waals surface area contributed by atoms with Crippen LogP contribution in [-0.2, 0) is 10.8 Å². The molecule has 2 aliphatic carbocycles. The van der Waals surface area contributed by atoms with Crippen LogP contribution < -0.4 is 9.80 Å². The van der Waals surface area contributed by atoms with E-state index in [1.807, 2.05) is 0 Å². The maximum Gasteiger partial charge on any atom is 0.0565 e. The molecule has 0 radical (unpaired) electrons. The Morgan fingerprint density at radius 1 is 0.878 bits per heavy atom. The highest BCUT2D eigenvalue weighted by Crippen LogP contribution is 2.48. The van der Waals surface area contributed by atoms with Crippen molar-refractivity contribution in [2.75, 3.05) is 23.9 Å². The molecule has 2 aromatic carbocycles. The lowest BCUT2D eigenvalue weighted by Gasteiger charge is -2.30. The third kappa shape index (κ3) is 4.59. The fourth-order valence-electron chi connectivity index (χ4n) is 7.55. The Balaban J connectivity index is 1.42. The Bertz CT molecular complexity index is 1590. The van der Waals surface area contributed by atoms with Gasteiger partial charge in [0.2, 0.25) is 0 Å². The van der Waals surface area contributed by atoms with Crippen molar-refractivity contribution in [3.8, 4) is 0 Å². The number of fused-ring (bicyclic) bond motifs is 2. The summed E-state index contributed by atoms with van der Waals surface area (Å²) in [4.78, 5) is 5.85. The van der Waals surface area contributed by atoms with Gasteiger partial charge in [-0.3, -0.25) is 0 Å². The van der Waals surface area contributed by atoms with Crippen LogP contribution >= 0.6 is 12.2 Å². The van der Waals surface area contributed by atoms with Crippen molar-refractivity contribution in [1.29, 1.82) is 0 Å². The number of anilines is 2. The van der Waals surface area contributed by atoms with Gasteiger partial charge in [0.25, 0.3) is 0 Å². The van der Waals surface area contributed by atoms with E-state index >= 15 is 0 Å². The van der Waals surface area contributed by atoms with E-state index < -0.39 is 0 Å². The molecule has 2 aromatic rings. The molecular weight excluding hydrogens is 516 g/mol. The first-order chi connectivity index (χ1) is 19.6. The fraction of sp³-hybridized carbons (Fsp3) is 0.342. The Hall–Kier alpha value is -3.43. The molecule has 210 valence electrons. The second-order valence-corrected chi connectivity index (χ2v) is 13.5. The summed E-state index contributed by atoms with van der Waals surface area (Å²) in [6.45, 7) is 9.43. The molecule has 0 N–H and O–H groups in total. The number of hydrogen-bond donors (Lipinski definition) is 0. The predicted octanol–water partition coefficient (Wildman–Crippen LogP) is 9.31. The van der Waals surface area contributed by atoms with Gasteiger partial charge in [-0.25, -0.2) is 0 Å². The lowest BCUT2D eigenvalue weighted by Crippen LogP contribution is -2.37. The summed E-state index contributed by atoms with van der Waals surface area (Å²) in [7, 11) is 4.43. The van der Waals surface area contributed by atoms with E-state index in [1.54, 1.807) is 0 Å². The Morgan fingerprint density at radius 3 is 2.29 bits per heavy atom. The highest BCUT2D eigenvalue weighted by Gasteiger charge is 2.41. The van der Waals surface area contributed by atoms with Crippen molar-refractivity contribution < 1.29 is 0 Å². The molecule has 0 saturated carbocycles. The van der Waals surface area contributed by atoms with E-state index in [2.05, 4.69) is 143 Å². The molecule has 0 amide bonds. The molecular formula is C38H42N2S. The van der Waals surface area contributed by atoms with Crippen molar-refractivity contribution in [3.05, 3.63) is 130 Å². The van der Waals surface area contributed by atoms with Gasteiger partial charge in [0.1, 0.15) is 0 Å². The third-order valence-electron chi connectivity index (χ3n) is 9.80. The molecule has 41 heavy (non-hydrogen) atoms. The number of nitrogens with zero attached hydrogens (tertiary/aromatic N) is 2. The van der Waals surface area contributed by atoms with Gasteiger partial charge in [-0.05, 0) is 70.9 Å². The van der Waals surface area contributed by atoms with Crippen molar-refractivity contribution in [2.24, 2.45) is 0 Å². The van der Waals surface area contributed by atoms with Crippen molar-refractivity contribution in [2.45, 2.75) is 70.3 Å². The van der Waals surface area contributed by atoms with Crippen LogP contribution in [-0.4, -0.2) is 25.0 Å². The van der Waals surface area contributed by atoms with Gasteiger partial charge in [-0.2, -0.15) is 0 Å². The minimum absolute atomic E-state index is 0.0378. The summed E-state index contributed by atoms with van der Waals surface area (Å²) >= 11 is 5.96. The number of allylic oxidation sites excluding steroid dienone is 11.